The number of likely N-dealkylation sites (tertiary alicyclic amines) is 1. The molecule has 2 aromatic rings. The lowest BCUT2D eigenvalue weighted by Gasteiger charge is -2.32. The van der Waals surface area contributed by atoms with E-state index in [4.69, 9.17) is 5.73 Å². The Kier molecular flexibility index (Phi) is 5.19. The molecule has 24 heavy (non-hydrogen) atoms. The molecule has 2 aromatic carbocycles. The van der Waals surface area contributed by atoms with Gasteiger partial charge in [0.25, 0.3) is 0 Å². The van der Waals surface area contributed by atoms with Crippen LogP contribution in [0.5, 0.6) is 0 Å². The van der Waals surface area contributed by atoms with Crippen molar-refractivity contribution in [2.45, 2.75) is 44.6 Å². The first-order chi connectivity index (χ1) is 11.7. The Bertz CT molecular complexity index is 666. The number of carbonyl (C=O) groups excluding carboxylic acids is 1. The molecule has 1 saturated heterocycles. The van der Waals surface area contributed by atoms with Gasteiger partial charge >= 0.3 is 0 Å². The maximum Gasteiger partial charge on any atom is 0.227 e. The predicted molar refractivity (Wildman–Crippen MR) is 98.8 cm³/mol. The lowest BCUT2D eigenvalue weighted by molar-refractivity contribution is -0.131. The van der Waals surface area contributed by atoms with Gasteiger partial charge in [-0.25, -0.2) is 0 Å². The molecule has 0 aromatic heterocycles. The molecule has 1 fully saturated rings. The Morgan fingerprint density at radius 1 is 1.17 bits per heavy atom. The Balaban J connectivity index is 1.74. The van der Waals surface area contributed by atoms with Crippen molar-refractivity contribution in [1.82, 2.24) is 4.90 Å². The molecule has 1 amide bonds. The first-order valence-electron chi connectivity index (χ1n) is 8.88. The minimum atomic E-state index is 0.233. The maximum atomic E-state index is 12.9. The normalized spacial score (nSPS) is 18.5. The SMILES string of the molecule is CCC(c1ccccc1)C1CCCN1C(=O)Cc1ccc(N)cc1. The summed E-state index contributed by atoms with van der Waals surface area (Å²) in [7, 11) is 0. The van der Waals surface area contributed by atoms with E-state index in [1.165, 1.54) is 5.56 Å². The van der Waals surface area contributed by atoms with Gasteiger partial charge in [0.05, 0.1) is 6.42 Å². The van der Waals surface area contributed by atoms with Gasteiger partial charge in [-0.05, 0) is 42.5 Å². The summed E-state index contributed by atoms with van der Waals surface area (Å²) in [5.74, 6) is 0.653. The molecule has 0 saturated carbocycles. The summed E-state index contributed by atoms with van der Waals surface area (Å²) in [6, 6.07) is 18.6. The minimum absolute atomic E-state index is 0.233. The smallest absolute Gasteiger partial charge is 0.227 e. The van der Waals surface area contributed by atoms with Crippen LogP contribution in [-0.4, -0.2) is 23.4 Å². The van der Waals surface area contributed by atoms with E-state index in [0.29, 0.717) is 18.4 Å². The molecular weight excluding hydrogens is 296 g/mol. The molecule has 2 N–H and O–H groups in total. The molecule has 3 heteroatoms. The monoisotopic (exact) mass is 322 g/mol. The number of anilines is 1. The lowest BCUT2D eigenvalue weighted by atomic mass is 9.87. The van der Waals surface area contributed by atoms with Crippen LogP contribution >= 0.6 is 0 Å². The largest absolute Gasteiger partial charge is 0.399 e. The fourth-order valence-electron chi connectivity index (χ4n) is 3.86. The molecule has 126 valence electrons. The van der Waals surface area contributed by atoms with Crippen LogP contribution in [0.2, 0.25) is 0 Å². The van der Waals surface area contributed by atoms with Gasteiger partial charge in [0, 0.05) is 24.2 Å². The molecule has 2 unspecified atom stereocenters. The van der Waals surface area contributed by atoms with E-state index < -0.39 is 0 Å². The number of rotatable bonds is 5. The van der Waals surface area contributed by atoms with Crippen molar-refractivity contribution in [2.75, 3.05) is 12.3 Å². The van der Waals surface area contributed by atoms with Crippen molar-refractivity contribution in [3.63, 3.8) is 0 Å². The molecule has 3 rings (SSSR count). The van der Waals surface area contributed by atoms with Crippen LogP contribution in [0.3, 0.4) is 0 Å². The van der Waals surface area contributed by atoms with Gasteiger partial charge in [0.2, 0.25) is 5.91 Å². The van der Waals surface area contributed by atoms with Gasteiger partial charge in [-0.2, -0.15) is 0 Å². The van der Waals surface area contributed by atoms with Gasteiger partial charge in [0.1, 0.15) is 0 Å². The summed E-state index contributed by atoms with van der Waals surface area (Å²) in [5, 5.41) is 0. The van der Waals surface area contributed by atoms with E-state index in [1.54, 1.807) is 0 Å². The number of nitrogen functional groups attached to an aromatic ring is 1. The Morgan fingerprint density at radius 2 is 1.88 bits per heavy atom. The second-order valence-electron chi connectivity index (χ2n) is 6.64. The predicted octanol–water partition coefficient (Wildman–Crippen LogP) is 4.00. The standard InChI is InChI=1S/C21H26N2O/c1-2-19(17-7-4-3-5-8-17)20-9-6-14-23(20)21(24)15-16-10-12-18(22)13-11-16/h3-5,7-8,10-13,19-20H,2,6,9,14-15,22H2,1H3. The highest BCUT2D eigenvalue weighted by Gasteiger charge is 2.34. The number of hydrogen-bond acceptors (Lipinski definition) is 2. The number of nitrogens with zero attached hydrogens (tertiary/aromatic N) is 1. The average molecular weight is 322 g/mol. The third-order valence-electron chi connectivity index (χ3n) is 5.09. The summed E-state index contributed by atoms with van der Waals surface area (Å²) in [6.07, 6.45) is 3.71. The first kappa shape index (κ1) is 16.6. The lowest BCUT2D eigenvalue weighted by Crippen LogP contribution is -2.40. The first-order valence-corrected chi connectivity index (χ1v) is 8.88. The van der Waals surface area contributed by atoms with Crippen LogP contribution in [-0.2, 0) is 11.2 Å². The highest BCUT2D eigenvalue weighted by molar-refractivity contribution is 5.79. The Labute approximate surface area is 144 Å². The molecule has 1 aliphatic heterocycles. The highest BCUT2D eigenvalue weighted by atomic mass is 16.2. The fourth-order valence-corrected chi connectivity index (χ4v) is 3.86. The Morgan fingerprint density at radius 3 is 2.54 bits per heavy atom. The number of carbonyl (C=O) groups is 1. The van der Waals surface area contributed by atoms with Crippen LogP contribution in [0.1, 0.15) is 43.2 Å². The molecule has 0 aliphatic carbocycles. The zero-order chi connectivity index (χ0) is 16.9. The van der Waals surface area contributed by atoms with Gasteiger partial charge in [-0.15, -0.1) is 0 Å². The highest BCUT2D eigenvalue weighted by Crippen LogP contribution is 2.33. The topological polar surface area (TPSA) is 46.3 Å². The molecule has 1 aliphatic rings. The second kappa shape index (κ2) is 7.52. The zero-order valence-corrected chi connectivity index (χ0v) is 14.3. The maximum absolute atomic E-state index is 12.9. The third-order valence-corrected chi connectivity index (χ3v) is 5.09. The summed E-state index contributed by atoms with van der Waals surface area (Å²) in [4.78, 5) is 15.0. The average Bonchev–Trinajstić information content (AvgIpc) is 3.08. The molecule has 0 radical (unpaired) electrons. The minimum Gasteiger partial charge on any atom is -0.399 e. The van der Waals surface area contributed by atoms with Crippen LogP contribution in [0.25, 0.3) is 0 Å². The van der Waals surface area contributed by atoms with Crippen molar-refractivity contribution in [2.24, 2.45) is 0 Å². The summed E-state index contributed by atoms with van der Waals surface area (Å²) >= 11 is 0. The molecule has 1 heterocycles. The van der Waals surface area contributed by atoms with Gasteiger partial charge in [0.15, 0.2) is 0 Å². The molecule has 3 nitrogen and oxygen atoms in total. The number of nitrogens with two attached hydrogens (primary N) is 1. The van der Waals surface area contributed by atoms with Crippen molar-refractivity contribution in [1.29, 1.82) is 0 Å². The van der Waals surface area contributed by atoms with Crippen molar-refractivity contribution in [3.05, 3.63) is 65.7 Å². The van der Waals surface area contributed by atoms with Gasteiger partial charge in [-0.1, -0.05) is 49.4 Å². The molecule has 0 bridgehead atoms. The quantitative estimate of drug-likeness (QED) is 0.846. The van der Waals surface area contributed by atoms with Gasteiger partial charge < -0.3 is 10.6 Å². The summed E-state index contributed by atoms with van der Waals surface area (Å²) in [6.45, 7) is 3.10. The second-order valence-corrected chi connectivity index (χ2v) is 6.64. The van der Waals surface area contributed by atoms with Crippen LogP contribution in [0.4, 0.5) is 5.69 Å². The zero-order valence-electron chi connectivity index (χ0n) is 14.3. The van der Waals surface area contributed by atoms with Crippen molar-refractivity contribution in [3.8, 4) is 0 Å². The Hall–Kier alpha value is -2.29. The van der Waals surface area contributed by atoms with E-state index >= 15 is 0 Å². The van der Waals surface area contributed by atoms with E-state index in [1.807, 2.05) is 24.3 Å². The van der Waals surface area contributed by atoms with Crippen molar-refractivity contribution < 1.29 is 4.79 Å². The number of benzene rings is 2. The molecule has 2 atom stereocenters. The van der Waals surface area contributed by atoms with E-state index in [9.17, 15) is 4.79 Å². The fraction of sp³-hybridized carbons (Fsp3) is 0.381. The van der Waals surface area contributed by atoms with Crippen LogP contribution < -0.4 is 5.73 Å². The van der Waals surface area contributed by atoms with Crippen molar-refractivity contribution >= 4 is 11.6 Å². The van der Waals surface area contributed by atoms with E-state index in [2.05, 4.69) is 42.2 Å². The number of amides is 1. The van der Waals surface area contributed by atoms with Crippen LogP contribution in [0.15, 0.2) is 54.6 Å². The van der Waals surface area contributed by atoms with E-state index in [-0.39, 0.29) is 5.91 Å². The summed E-state index contributed by atoms with van der Waals surface area (Å²) in [5.41, 5.74) is 8.84. The van der Waals surface area contributed by atoms with Gasteiger partial charge in [-0.3, -0.25) is 4.79 Å². The van der Waals surface area contributed by atoms with E-state index in [0.717, 1.165) is 37.1 Å². The summed E-state index contributed by atoms with van der Waals surface area (Å²) < 4.78 is 0. The third kappa shape index (κ3) is 3.61. The molecular formula is C21H26N2O. The van der Waals surface area contributed by atoms with Crippen LogP contribution in [0, 0.1) is 0 Å². The molecule has 0 spiro atoms. The number of hydrogen-bond donors (Lipinski definition) is 1.